The smallest absolute Gasteiger partial charge is 0.214 e. The van der Waals surface area contributed by atoms with Crippen LogP contribution in [0.15, 0.2) is 71.1 Å². The molecule has 3 atom stereocenters. The summed E-state index contributed by atoms with van der Waals surface area (Å²) in [6.45, 7) is 12.6. The molecule has 0 spiro atoms. The number of hydrogen-bond acceptors (Lipinski definition) is 2. The van der Waals surface area contributed by atoms with E-state index in [-0.39, 0.29) is 10.8 Å². The molecule has 2 aromatic heterocycles. The molecule has 5 aromatic rings. The standard InChI is InChI=1S/C35H34NO2/c1-34(2,3)24-17-26-29-21(28-23(18-37-6)32(28)36(26)25-13-9-7-11-19(24)25)15-16-22-30(29)35(4,5)31-20-12-8-10-14-27(20)38-33(22)31/h7-17,23,28,32H,18H2,1-6H3/q+1. The van der Waals surface area contributed by atoms with Gasteiger partial charge in [-0.1, -0.05) is 77.1 Å². The van der Waals surface area contributed by atoms with Gasteiger partial charge in [0.1, 0.15) is 11.3 Å². The highest BCUT2D eigenvalue weighted by Gasteiger charge is 2.64. The molecule has 0 N–H and O–H groups in total. The molecule has 0 amide bonds. The first-order chi connectivity index (χ1) is 18.2. The molecule has 2 aliphatic carbocycles. The van der Waals surface area contributed by atoms with Crippen LogP contribution in [0, 0.1) is 5.92 Å². The maximum Gasteiger partial charge on any atom is 0.214 e. The maximum absolute atomic E-state index is 6.57. The summed E-state index contributed by atoms with van der Waals surface area (Å²) in [7, 11) is 1.84. The topological polar surface area (TPSA) is 26.2 Å². The Morgan fingerprint density at radius 2 is 1.66 bits per heavy atom. The van der Waals surface area contributed by atoms with Crippen LogP contribution in [0.1, 0.15) is 68.8 Å². The summed E-state index contributed by atoms with van der Waals surface area (Å²) in [6, 6.07) is 25.2. The van der Waals surface area contributed by atoms with Crippen LogP contribution in [0.25, 0.3) is 44.5 Å². The van der Waals surface area contributed by atoms with Crippen molar-refractivity contribution in [3.8, 4) is 22.6 Å². The summed E-state index contributed by atoms with van der Waals surface area (Å²) in [6.07, 6.45) is 0. The first-order valence-electron chi connectivity index (χ1n) is 13.9. The molecule has 1 fully saturated rings. The van der Waals surface area contributed by atoms with Crippen molar-refractivity contribution in [1.29, 1.82) is 0 Å². The Kier molecular flexibility index (Phi) is 4.24. The van der Waals surface area contributed by atoms with E-state index in [1.54, 1.807) is 0 Å². The lowest BCUT2D eigenvalue weighted by atomic mass is 9.75. The number of benzene rings is 3. The molecule has 8 rings (SSSR count). The van der Waals surface area contributed by atoms with Crippen LogP contribution in [-0.2, 0) is 15.6 Å². The minimum Gasteiger partial charge on any atom is -0.456 e. The van der Waals surface area contributed by atoms with Crippen LogP contribution in [0.5, 0.6) is 0 Å². The lowest BCUT2D eigenvalue weighted by Crippen LogP contribution is -2.41. The van der Waals surface area contributed by atoms with Crippen LogP contribution >= 0.6 is 0 Å². The lowest BCUT2D eigenvalue weighted by molar-refractivity contribution is -0.669. The molecular weight excluding hydrogens is 466 g/mol. The van der Waals surface area contributed by atoms with Gasteiger partial charge >= 0.3 is 0 Å². The first kappa shape index (κ1) is 22.5. The molecule has 3 aliphatic rings. The summed E-state index contributed by atoms with van der Waals surface area (Å²) in [5.41, 5.74) is 11.8. The number of fused-ring (bicyclic) bond motifs is 14. The Hall–Kier alpha value is -3.43. The molecule has 3 heteroatoms. The number of hydrogen-bond donors (Lipinski definition) is 0. The van der Waals surface area contributed by atoms with Gasteiger partial charge in [0.2, 0.25) is 11.2 Å². The van der Waals surface area contributed by atoms with Crippen molar-refractivity contribution in [3.63, 3.8) is 0 Å². The largest absolute Gasteiger partial charge is 0.456 e. The molecule has 3 nitrogen and oxygen atoms in total. The van der Waals surface area contributed by atoms with E-state index in [2.05, 4.69) is 106 Å². The van der Waals surface area contributed by atoms with Crippen molar-refractivity contribution in [1.82, 2.24) is 0 Å². The Labute approximate surface area is 224 Å². The van der Waals surface area contributed by atoms with Crippen LogP contribution in [0.4, 0.5) is 0 Å². The zero-order chi connectivity index (χ0) is 26.1. The van der Waals surface area contributed by atoms with Crippen molar-refractivity contribution in [2.75, 3.05) is 13.7 Å². The number of pyridine rings is 1. The fourth-order valence-electron chi connectivity index (χ4n) is 7.97. The van der Waals surface area contributed by atoms with Crippen molar-refractivity contribution in [3.05, 3.63) is 89.0 Å². The number of para-hydroxylation sites is 2. The Balaban J connectivity index is 1.51. The van der Waals surface area contributed by atoms with E-state index < -0.39 is 0 Å². The van der Waals surface area contributed by atoms with Crippen LogP contribution in [0.2, 0.25) is 0 Å². The third kappa shape index (κ3) is 2.66. The quantitative estimate of drug-likeness (QED) is 0.229. The van der Waals surface area contributed by atoms with Gasteiger partial charge < -0.3 is 9.15 Å². The van der Waals surface area contributed by atoms with E-state index in [0.29, 0.717) is 17.9 Å². The first-order valence-corrected chi connectivity index (χ1v) is 13.9. The van der Waals surface area contributed by atoms with E-state index in [1.807, 2.05) is 7.11 Å². The van der Waals surface area contributed by atoms with Crippen molar-refractivity contribution < 1.29 is 13.7 Å². The van der Waals surface area contributed by atoms with Gasteiger partial charge in [-0.05, 0) is 34.2 Å². The number of aromatic nitrogens is 1. The summed E-state index contributed by atoms with van der Waals surface area (Å²) >= 11 is 0. The molecule has 0 saturated heterocycles. The van der Waals surface area contributed by atoms with E-state index in [0.717, 1.165) is 18.0 Å². The highest BCUT2D eigenvalue weighted by Crippen LogP contribution is 2.64. The number of methoxy groups -OCH3 is 1. The average Bonchev–Trinajstić information content (AvgIpc) is 3.37. The van der Waals surface area contributed by atoms with Gasteiger partial charge in [0.15, 0.2) is 6.04 Å². The highest BCUT2D eigenvalue weighted by atomic mass is 16.5. The molecule has 0 radical (unpaired) electrons. The molecule has 3 unspecified atom stereocenters. The maximum atomic E-state index is 6.57. The van der Waals surface area contributed by atoms with Crippen molar-refractivity contribution in [2.45, 2.75) is 57.4 Å². The predicted molar refractivity (Wildman–Crippen MR) is 153 cm³/mol. The molecule has 38 heavy (non-hydrogen) atoms. The fourth-order valence-corrected chi connectivity index (χ4v) is 7.97. The molecule has 1 aliphatic heterocycles. The third-order valence-electron chi connectivity index (χ3n) is 9.53. The molecule has 0 bridgehead atoms. The summed E-state index contributed by atoms with van der Waals surface area (Å²) < 4.78 is 15.0. The van der Waals surface area contributed by atoms with Crippen LogP contribution < -0.4 is 4.57 Å². The zero-order valence-corrected chi connectivity index (χ0v) is 23.1. The molecule has 190 valence electrons. The predicted octanol–water partition coefficient (Wildman–Crippen LogP) is 8.06. The number of rotatable bonds is 2. The number of furan rings is 1. The number of ether oxygens (including phenoxy) is 1. The molecule has 3 aromatic carbocycles. The minimum atomic E-state index is -0.174. The second-order valence-electron chi connectivity index (χ2n) is 13.1. The average molecular weight is 501 g/mol. The van der Waals surface area contributed by atoms with Gasteiger partial charge in [0, 0.05) is 41.2 Å². The summed E-state index contributed by atoms with van der Waals surface area (Å²) in [5.74, 6) is 1.99. The second kappa shape index (κ2) is 7.15. The van der Waals surface area contributed by atoms with Crippen LogP contribution in [-0.4, -0.2) is 13.7 Å². The van der Waals surface area contributed by atoms with E-state index in [1.165, 1.54) is 55.4 Å². The highest BCUT2D eigenvalue weighted by molar-refractivity contribution is 5.98. The van der Waals surface area contributed by atoms with Gasteiger partial charge in [-0.15, -0.1) is 0 Å². The van der Waals surface area contributed by atoms with Gasteiger partial charge in [-0.25, -0.2) is 0 Å². The summed E-state index contributed by atoms with van der Waals surface area (Å²) in [4.78, 5) is 0. The van der Waals surface area contributed by atoms with E-state index in [4.69, 9.17) is 9.15 Å². The zero-order valence-electron chi connectivity index (χ0n) is 23.1. The van der Waals surface area contributed by atoms with Gasteiger partial charge in [0.25, 0.3) is 0 Å². The monoisotopic (exact) mass is 500 g/mol. The Morgan fingerprint density at radius 3 is 2.42 bits per heavy atom. The summed E-state index contributed by atoms with van der Waals surface area (Å²) in [5, 5.41) is 2.59. The lowest BCUT2D eigenvalue weighted by Gasteiger charge is -2.28. The van der Waals surface area contributed by atoms with Crippen LogP contribution in [0.3, 0.4) is 0 Å². The number of nitrogens with zero attached hydrogens (tertiary/aromatic N) is 1. The normalized spacial score (nSPS) is 22.1. The van der Waals surface area contributed by atoms with Gasteiger partial charge in [0.05, 0.1) is 29.4 Å². The van der Waals surface area contributed by atoms with Gasteiger partial charge in [-0.3, -0.25) is 0 Å². The van der Waals surface area contributed by atoms with Crippen molar-refractivity contribution in [2.24, 2.45) is 5.92 Å². The Bertz CT molecular complexity index is 1820. The SMILES string of the molecule is COCC1C2c3ccc4c(c3-c3cc(C(C)(C)C)c5ccccc5[n+]3C12)C(C)(C)c1c-4oc2ccccc12. The third-order valence-corrected chi connectivity index (χ3v) is 9.53. The molecule has 1 saturated carbocycles. The van der Waals surface area contributed by atoms with E-state index >= 15 is 0 Å². The molecular formula is C35H34NO2+. The minimum absolute atomic E-state index is 0.0250. The Morgan fingerprint density at radius 1 is 0.921 bits per heavy atom. The fraction of sp³-hybridized carbons (Fsp3) is 0.343. The van der Waals surface area contributed by atoms with E-state index in [9.17, 15) is 0 Å². The van der Waals surface area contributed by atoms with Gasteiger partial charge in [-0.2, -0.15) is 4.57 Å². The molecule has 3 heterocycles. The second-order valence-corrected chi connectivity index (χ2v) is 13.1. The van der Waals surface area contributed by atoms with Crippen molar-refractivity contribution >= 4 is 21.9 Å².